The maximum absolute atomic E-state index is 9.87. The first kappa shape index (κ1) is 10.2. The molecule has 84 valence electrons. The molecule has 2 bridgehead atoms. The molecule has 2 aliphatic carbocycles. The van der Waals surface area contributed by atoms with Crippen molar-refractivity contribution in [2.75, 3.05) is 0 Å². The summed E-state index contributed by atoms with van der Waals surface area (Å²) in [6.07, 6.45) is 16.6. The van der Waals surface area contributed by atoms with E-state index in [9.17, 15) is 5.11 Å². The molecule has 0 saturated carbocycles. The van der Waals surface area contributed by atoms with Crippen molar-refractivity contribution in [2.45, 2.75) is 12.8 Å². The molecule has 0 unspecified atom stereocenters. The Bertz CT molecular complexity index is 571. The predicted octanol–water partition coefficient (Wildman–Crippen LogP) is 3.86. The summed E-state index contributed by atoms with van der Waals surface area (Å²) in [6, 6.07) is 3.77. The quantitative estimate of drug-likeness (QED) is 0.706. The molecule has 3 rings (SSSR count). The number of phenols is 1. The van der Waals surface area contributed by atoms with Crippen LogP contribution in [-0.2, 0) is 6.42 Å². The summed E-state index contributed by atoms with van der Waals surface area (Å²) in [7, 11) is 0. The minimum Gasteiger partial charge on any atom is -0.507 e. The van der Waals surface area contributed by atoms with Crippen molar-refractivity contribution in [3.63, 3.8) is 0 Å². The highest BCUT2D eigenvalue weighted by molar-refractivity contribution is 5.73. The number of hydrogen-bond donors (Lipinski definition) is 1. The van der Waals surface area contributed by atoms with Gasteiger partial charge in [0, 0.05) is 5.56 Å². The van der Waals surface area contributed by atoms with Crippen molar-refractivity contribution in [2.24, 2.45) is 0 Å². The molecule has 1 N–H and O–H groups in total. The first-order chi connectivity index (χ1) is 8.34. The van der Waals surface area contributed by atoms with Crippen LogP contribution in [0.2, 0.25) is 0 Å². The maximum atomic E-state index is 9.87. The molecule has 2 aliphatic rings. The van der Waals surface area contributed by atoms with E-state index in [1.54, 1.807) is 6.07 Å². The minimum atomic E-state index is 0.375. The lowest BCUT2D eigenvalue weighted by Gasteiger charge is -2.17. The van der Waals surface area contributed by atoms with Crippen molar-refractivity contribution in [3.05, 3.63) is 64.8 Å². The summed E-state index contributed by atoms with van der Waals surface area (Å²) in [5.41, 5.74) is 4.69. The largest absolute Gasteiger partial charge is 0.507 e. The van der Waals surface area contributed by atoms with E-state index < -0.39 is 0 Å². The van der Waals surface area contributed by atoms with Gasteiger partial charge in [-0.1, -0.05) is 48.6 Å². The monoisotopic (exact) mass is 222 g/mol. The molecule has 0 aliphatic heterocycles. The molecule has 0 amide bonds. The minimum absolute atomic E-state index is 0.375. The van der Waals surface area contributed by atoms with E-state index in [2.05, 4.69) is 36.5 Å². The van der Waals surface area contributed by atoms with Gasteiger partial charge in [0.15, 0.2) is 0 Å². The molecule has 1 aromatic carbocycles. The fourth-order valence-corrected chi connectivity index (χ4v) is 2.32. The lowest BCUT2D eigenvalue weighted by atomic mass is 9.88. The Labute approximate surface area is 101 Å². The standard InChI is InChI=1S/C16H14O/c17-16-10-8-13-6-4-2-1-3-5-12-7-9-14(16)15(13)11-12/h1,3-10,17H,2,11H2/b3-1-,6-4-,12-5-. The molecule has 0 heterocycles. The Morgan fingerprint density at radius 2 is 1.94 bits per heavy atom. The van der Waals surface area contributed by atoms with E-state index >= 15 is 0 Å². The molecule has 0 atom stereocenters. The van der Waals surface area contributed by atoms with Crippen LogP contribution in [0.15, 0.2) is 48.1 Å². The van der Waals surface area contributed by atoms with E-state index in [0.29, 0.717) is 5.75 Å². The predicted molar refractivity (Wildman–Crippen MR) is 71.7 cm³/mol. The number of hydrogen-bond acceptors (Lipinski definition) is 1. The topological polar surface area (TPSA) is 20.2 Å². The summed E-state index contributed by atoms with van der Waals surface area (Å²) in [6.45, 7) is 0. The van der Waals surface area contributed by atoms with Crippen LogP contribution in [0.25, 0.3) is 12.2 Å². The van der Waals surface area contributed by atoms with Gasteiger partial charge in [-0.3, -0.25) is 0 Å². The van der Waals surface area contributed by atoms with Crippen LogP contribution in [-0.4, -0.2) is 5.11 Å². The van der Waals surface area contributed by atoms with Gasteiger partial charge >= 0.3 is 0 Å². The Balaban J connectivity index is 2.23. The third-order valence-corrected chi connectivity index (χ3v) is 3.23. The Morgan fingerprint density at radius 3 is 2.88 bits per heavy atom. The van der Waals surface area contributed by atoms with Crippen molar-refractivity contribution >= 4 is 12.2 Å². The molecule has 17 heavy (non-hydrogen) atoms. The number of rotatable bonds is 0. The zero-order valence-electron chi connectivity index (χ0n) is 9.56. The third kappa shape index (κ3) is 1.84. The first-order valence-electron chi connectivity index (χ1n) is 5.90. The average molecular weight is 222 g/mol. The van der Waals surface area contributed by atoms with E-state index in [0.717, 1.165) is 18.4 Å². The molecule has 1 heteroatoms. The molecular formula is C16H14O. The first-order valence-corrected chi connectivity index (χ1v) is 5.90. The molecule has 0 spiro atoms. The second kappa shape index (κ2) is 4.10. The molecule has 1 nitrogen and oxygen atoms in total. The van der Waals surface area contributed by atoms with Gasteiger partial charge in [-0.25, -0.2) is 0 Å². The van der Waals surface area contributed by atoms with Gasteiger partial charge in [-0.2, -0.15) is 0 Å². The third-order valence-electron chi connectivity index (χ3n) is 3.23. The van der Waals surface area contributed by atoms with Gasteiger partial charge in [0.05, 0.1) is 0 Å². The van der Waals surface area contributed by atoms with Gasteiger partial charge in [0.25, 0.3) is 0 Å². The Kier molecular flexibility index (Phi) is 2.45. The van der Waals surface area contributed by atoms with Gasteiger partial charge < -0.3 is 5.11 Å². The van der Waals surface area contributed by atoms with Crippen LogP contribution < -0.4 is 0 Å². The van der Waals surface area contributed by atoms with Gasteiger partial charge in [0.2, 0.25) is 0 Å². The van der Waals surface area contributed by atoms with Crippen LogP contribution in [0.5, 0.6) is 5.75 Å². The molecule has 0 radical (unpaired) electrons. The van der Waals surface area contributed by atoms with Crippen LogP contribution >= 0.6 is 0 Å². The summed E-state index contributed by atoms with van der Waals surface area (Å²) >= 11 is 0. The van der Waals surface area contributed by atoms with Crippen molar-refractivity contribution in [3.8, 4) is 5.75 Å². The molecule has 0 fully saturated rings. The van der Waals surface area contributed by atoms with E-state index in [-0.39, 0.29) is 0 Å². The fourth-order valence-electron chi connectivity index (χ4n) is 2.32. The lowest BCUT2D eigenvalue weighted by molar-refractivity contribution is 0.473. The lowest BCUT2D eigenvalue weighted by Crippen LogP contribution is -2.00. The highest BCUT2D eigenvalue weighted by Gasteiger charge is 2.14. The van der Waals surface area contributed by atoms with Gasteiger partial charge in [-0.05, 0) is 35.6 Å². The summed E-state index contributed by atoms with van der Waals surface area (Å²) in [5, 5.41) is 9.87. The second-order valence-electron chi connectivity index (χ2n) is 4.38. The van der Waals surface area contributed by atoms with Crippen LogP contribution in [0, 0.1) is 0 Å². The van der Waals surface area contributed by atoms with Crippen molar-refractivity contribution in [1.82, 2.24) is 0 Å². The smallest absolute Gasteiger partial charge is 0.123 e. The Hall–Kier alpha value is -2.02. The van der Waals surface area contributed by atoms with Crippen molar-refractivity contribution in [1.29, 1.82) is 0 Å². The summed E-state index contributed by atoms with van der Waals surface area (Å²) in [4.78, 5) is 0. The summed E-state index contributed by atoms with van der Waals surface area (Å²) in [5.74, 6) is 0.375. The highest BCUT2D eigenvalue weighted by Crippen LogP contribution is 2.33. The van der Waals surface area contributed by atoms with Crippen LogP contribution in [0.4, 0.5) is 0 Å². The number of allylic oxidation sites excluding steroid dienone is 6. The van der Waals surface area contributed by atoms with Gasteiger partial charge in [0.1, 0.15) is 5.75 Å². The van der Waals surface area contributed by atoms with E-state index in [4.69, 9.17) is 0 Å². The normalized spacial score (nSPS) is 23.6. The zero-order chi connectivity index (χ0) is 11.7. The number of fused-ring (bicyclic) bond motifs is 1. The number of phenolic OH excluding ortho intramolecular Hbond substituents is 1. The number of aromatic hydroxyl groups is 1. The van der Waals surface area contributed by atoms with Crippen LogP contribution in [0.3, 0.4) is 0 Å². The molecule has 0 aromatic heterocycles. The molecule has 0 saturated heterocycles. The zero-order valence-corrected chi connectivity index (χ0v) is 9.56. The van der Waals surface area contributed by atoms with E-state index in [1.807, 2.05) is 12.1 Å². The van der Waals surface area contributed by atoms with E-state index in [1.165, 1.54) is 16.7 Å². The second-order valence-corrected chi connectivity index (χ2v) is 4.38. The van der Waals surface area contributed by atoms with Gasteiger partial charge in [-0.15, -0.1) is 0 Å². The molecular weight excluding hydrogens is 208 g/mol. The Morgan fingerprint density at radius 1 is 1.00 bits per heavy atom. The SMILES string of the molecule is Oc1ccc2c3c1C=C/C(=C/C=C\C/C=C\2)C3. The van der Waals surface area contributed by atoms with Crippen LogP contribution in [0.1, 0.15) is 23.1 Å². The summed E-state index contributed by atoms with van der Waals surface area (Å²) < 4.78 is 0. The molecule has 1 aromatic rings. The average Bonchev–Trinajstić information content (AvgIpc) is 2.36. The fraction of sp³-hybridized carbons (Fsp3) is 0.125. The maximum Gasteiger partial charge on any atom is 0.123 e. The highest BCUT2D eigenvalue weighted by atomic mass is 16.3. The van der Waals surface area contributed by atoms with Crippen molar-refractivity contribution < 1.29 is 5.11 Å². The number of benzene rings is 1.